The van der Waals surface area contributed by atoms with Gasteiger partial charge in [0.05, 0.1) is 11.6 Å². The molecule has 2 N–H and O–H groups in total. The first kappa shape index (κ1) is 27.1. The molecule has 0 aromatic heterocycles. The molecule has 1 rings (SSSR count). The quantitative estimate of drug-likeness (QED) is 0.267. The van der Waals surface area contributed by atoms with Crippen molar-refractivity contribution < 1.29 is 4.39 Å². The number of likely N-dealkylation sites (N-methyl/N-ethyl adjacent to an activating group) is 1. The number of nitrogens with one attached hydrogen (secondary N) is 2. The molecule has 148 valence electrons. The van der Waals surface area contributed by atoms with Gasteiger partial charge in [0.1, 0.15) is 5.82 Å². The second-order valence-electron chi connectivity index (χ2n) is 5.48. The second-order valence-corrected chi connectivity index (χ2v) is 6.35. The Morgan fingerprint density at radius 3 is 2.33 bits per heavy atom. The van der Waals surface area contributed by atoms with Crippen LogP contribution >= 0.6 is 9.24 Å². The molecule has 0 aliphatic rings. The highest BCUT2D eigenvalue weighted by Crippen LogP contribution is 2.27. The fourth-order valence-electron chi connectivity index (χ4n) is 2.26. The van der Waals surface area contributed by atoms with E-state index in [0.29, 0.717) is 11.1 Å². The Hall–Kier alpha value is -2.08. The summed E-state index contributed by atoms with van der Waals surface area (Å²) in [5, 5.41) is 19.3. The average molecular weight is 389 g/mol. The maximum atomic E-state index is 13.7. The third-order valence-corrected chi connectivity index (χ3v) is 3.75. The molecular formula is C22H33FN3P. The van der Waals surface area contributed by atoms with E-state index in [4.69, 9.17) is 10.7 Å². The number of nitrogens with zero attached hydrogens (tertiary/aromatic N) is 1. The van der Waals surface area contributed by atoms with Crippen molar-refractivity contribution in [3.63, 3.8) is 0 Å². The van der Waals surface area contributed by atoms with Gasteiger partial charge >= 0.3 is 0 Å². The van der Waals surface area contributed by atoms with E-state index >= 15 is 0 Å². The topological polar surface area (TPSA) is 59.7 Å². The van der Waals surface area contributed by atoms with E-state index in [1.807, 2.05) is 53.0 Å². The van der Waals surface area contributed by atoms with E-state index in [0.717, 1.165) is 22.9 Å². The Kier molecular flexibility index (Phi) is 16.2. The van der Waals surface area contributed by atoms with Crippen LogP contribution < -0.4 is 5.32 Å². The molecule has 0 saturated heterocycles. The van der Waals surface area contributed by atoms with Crippen molar-refractivity contribution >= 4 is 21.0 Å². The summed E-state index contributed by atoms with van der Waals surface area (Å²) >= 11 is 0. The van der Waals surface area contributed by atoms with Crippen LogP contribution in [0.1, 0.15) is 52.2 Å². The summed E-state index contributed by atoms with van der Waals surface area (Å²) in [5.41, 5.74) is 3.06. The molecule has 0 aliphatic carbocycles. The van der Waals surface area contributed by atoms with E-state index < -0.39 is 5.82 Å². The number of halogens is 1. The molecule has 0 aliphatic heterocycles. The van der Waals surface area contributed by atoms with Crippen LogP contribution in [-0.4, -0.2) is 19.3 Å². The van der Waals surface area contributed by atoms with E-state index in [-0.39, 0.29) is 6.04 Å². The lowest BCUT2D eigenvalue weighted by atomic mass is 9.97. The number of nitriles is 1. The Bertz CT molecular complexity index is 696. The smallest absolute Gasteiger partial charge is 0.125 e. The molecule has 0 bridgehead atoms. The van der Waals surface area contributed by atoms with Crippen molar-refractivity contribution in [2.24, 2.45) is 0 Å². The first-order valence-corrected chi connectivity index (χ1v) is 9.51. The van der Waals surface area contributed by atoms with Crippen LogP contribution in [0.2, 0.25) is 0 Å². The molecule has 5 heteroatoms. The molecule has 0 heterocycles. The summed E-state index contributed by atoms with van der Waals surface area (Å²) in [6, 6.07) is 6.57. The third kappa shape index (κ3) is 10.6. The number of hydrogen-bond donors (Lipinski definition) is 2. The van der Waals surface area contributed by atoms with Gasteiger partial charge in [0.15, 0.2) is 0 Å². The maximum absolute atomic E-state index is 13.7. The molecule has 0 spiro atoms. The number of rotatable bonds is 6. The molecule has 0 radical (unpaired) electrons. The van der Waals surface area contributed by atoms with E-state index in [1.54, 1.807) is 13.0 Å². The highest BCUT2D eigenvalue weighted by atomic mass is 31.0. The maximum Gasteiger partial charge on any atom is 0.125 e. The fraction of sp³-hybridized carbons (Fsp3) is 0.364. The number of benzene rings is 1. The standard InChI is InChI=1S/C18H22FN2P.C2H5N.C2H6/c1-5-6-18(21-4)12(2)7-17(13(3)22)15-8-14(11-20)9-16(19)10-15;1-2-3;1-2/h5,7-10,18,21H,1,6,22H2,2-4H3;2-3H,1H3;1-2H3/b12-7+,17-13-;;. The van der Waals surface area contributed by atoms with E-state index in [1.165, 1.54) is 18.3 Å². The molecule has 0 amide bonds. The number of allylic oxidation sites excluding steroid dienone is 3. The molecule has 0 fully saturated rings. The highest BCUT2D eigenvalue weighted by Gasteiger charge is 2.10. The predicted molar refractivity (Wildman–Crippen MR) is 121 cm³/mol. The Morgan fingerprint density at radius 2 is 1.93 bits per heavy atom. The minimum absolute atomic E-state index is 0.181. The van der Waals surface area contributed by atoms with Gasteiger partial charge < -0.3 is 10.7 Å². The van der Waals surface area contributed by atoms with Gasteiger partial charge in [0.2, 0.25) is 0 Å². The second kappa shape index (κ2) is 16.1. The first-order chi connectivity index (χ1) is 12.8. The molecule has 3 nitrogen and oxygen atoms in total. The lowest BCUT2D eigenvalue weighted by Gasteiger charge is -2.17. The van der Waals surface area contributed by atoms with Crippen LogP contribution in [-0.2, 0) is 0 Å². The van der Waals surface area contributed by atoms with Crippen LogP contribution in [0.3, 0.4) is 0 Å². The molecule has 2 unspecified atom stereocenters. The predicted octanol–water partition coefficient (Wildman–Crippen LogP) is 6.10. The zero-order valence-corrected chi connectivity index (χ0v) is 18.5. The highest BCUT2D eigenvalue weighted by molar-refractivity contribution is 7.22. The summed E-state index contributed by atoms with van der Waals surface area (Å²) in [5.74, 6) is -0.403. The van der Waals surface area contributed by atoms with Gasteiger partial charge in [-0.1, -0.05) is 31.6 Å². The third-order valence-electron chi connectivity index (χ3n) is 3.44. The van der Waals surface area contributed by atoms with Gasteiger partial charge in [0.25, 0.3) is 0 Å². The van der Waals surface area contributed by atoms with Crippen molar-refractivity contribution in [1.29, 1.82) is 10.7 Å². The molecule has 27 heavy (non-hydrogen) atoms. The molecule has 1 aromatic rings. The van der Waals surface area contributed by atoms with Crippen LogP contribution in [0.25, 0.3) is 5.57 Å². The van der Waals surface area contributed by atoms with Gasteiger partial charge in [-0.3, -0.25) is 0 Å². The lowest BCUT2D eigenvalue weighted by molar-refractivity contribution is 0.627. The van der Waals surface area contributed by atoms with Crippen molar-refractivity contribution in [2.75, 3.05) is 7.05 Å². The van der Waals surface area contributed by atoms with Crippen LogP contribution in [0.4, 0.5) is 4.39 Å². The summed E-state index contributed by atoms with van der Waals surface area (Å²) < 4.78 is 13.7. The van der Waals surface area contributed by atoms with Crippen molar-refractivity contribution in [3.8, 4) is 6.07 Å². The van der Waals surface area contributed by atoms with Gasteiger partial charge in [-0.15, -0.1) is 15.8 Å². The zero-order valence-electron chi connectivity index (χ0n) is 17.4. The Labute approximate surface area is 166 Å². The molecule has 0 saturated carbocycles. The first-order valence-electron chi connectivity index (χ1n) is 8.93. The zero-order chi connectivity index (χ0) is 21.4. The largest absolute Gasteiger partial charge is 0.313 e. The van der Waals surface area contributed by atoms with E-state index in [2.05, 4.69) is 21.1 Å². The number of hydrogen-bond acceptors (Lipinski definition) is 3. The molecular weight excluding hydrogens is 356 g/mol. The van der Waals surface area contributed by atoms with Gasteiger partial charge in [-0.25, -0.2) is 4.39 Å². The Balaban J connectivity index is 0. The molecule has 1 aromatic carbocycles. The SMILES string of the molecule is C=CCC(NC)/C(C)=C/C(=C(\C)P)c1cc(F)cc(C#N)c1.CC.CC=N. The normalized spacial score (nSPS) is 12.2. The monoisotopic (exact) mass is 389 g/mol. The van der Waals surface area contributed by atoms with Gasteiger partial charge in [-0.2, -0.15) is 5.26 Å². The minimum Gasteiger partial charge on any atom is -0.313 e. The van der Waals surface area contributed by atoms with Crippen LogP contribution in [0.15, 0.2) is 47.8 Å². The van der Waals surface area contributed by atoms with E-state index in [9.17, 15) is 4.39 Å². The average Bonchev–Trinajstić information content (AvgIpc) is 2.65. The summed E-state index contributed by atoms with van der Waals surface area (Å²) in [6.45, 7) is 13.4. The summed E-state index contributed by atoms with van der Waals surface area (Å²) in [7, 11) is 4.55. The Morgan fingerprint density at radius 1 is 1.37 bits per heavy atom. The van der Waals surface area contributed by atoms with Gasteiger partial charge in [-0.05, 0) is 75.1 Å². The van der Waals surface area contributed by atoms with Crippen molar-refractivity contribution in [3.05, 3.63) is 64.8 Å². The minimum atomic E-state index is -0.403. The van der Waals surface area contributed by atoms with Crippen molar-refractivity contribution in [2.45, 2.75) is 47.1 Å². The lowest BCUT2D eigenvalue weighted by Crippen LogP contribution is -2.25. The van der Waals surface area contributed by atoms with Gasteiger partial charge in [0, 0.05) is 6.04 Å². The van der Waals surface area contributed by atoms with Crippen LogP contribution in [0.5, 0.6) is 0 Å². The van der Waals surface area contributed by atoms with Crippen LogP contribution in [0, 0.1) is 22.6 Å². The fourth-order valence-corrected chi connectivity index (χ4v) is 2.51. The van der Waals surface area contributed by atoms with Crippen molar-refractivity contribution in [1.82, 2.24) is 5.32 Å². The summed E-state index contributed by atoms with van der Waals surface area (Å²) in [6.07, 6.45) is 5.96. The molecule has 2 atom stereocenters. The summed E-state index contributed by atoms with van der Waals surface area (Å²) in [4.78, 5) is 0.